The minimum Gasteiger partial charge on any atom is -0.352 e. The molecule has 114 valence electrons. The van der Waals surface area contributed by atoms with Gasteiger partial charge in [-0.3, -0.25) is 0 Å². The molecule has 1 aliphatic heterocycles. The third-order valence-corrected chi connectivity index (χ3v) is 5.52. The summed E-state index contributed by atoms with van der Waals surface area (Å²) in [6.45, 7) is 9.85. The Hall–Kier alpha value is -1.20. The number of aromatic nitrogens is 2. The maximum absolute atomic E-state index is 4.64. The van der Waals surface area contributed by atoms with E-state index in [1.807, 2.05) is 0 Å². The first-order valence-electron chi connectivity index (χ1n) is 7.90. The lowest BCUT2D eigenvalue weighted by atomic mass is 10.2. The van der Waals surface area contributed by atoms with Gasteiger partial charge in [-0.1, -0.05) is 6.92 Å². The van der Waals surface area contributed by atoms with Crippen molar-refractivity contribution in [3.8, 4) is 0 Å². The highest BCUT2D eigenvalue weighted by molar-refractivity contribution is 7.18. The molecule has 5 heteroatoms. The van der Waals surface area contributed by atoms with Crippen LogP contribution in [0.4, 0.5) is 5.82 Å². The molecule has 1 N–H and O–H groups in total. The Kier molecular flexibility index (Phi) is 4.40. The summed E-state index contributed by atoms with van der Waals surface area (Å²) in [5, 5.41) is 4.83. The molecule has 21 heavy (non-hydrogen) atoms. The number of nitrogens with zero attached hydrogens (tertiary/aromatic N) is 3. The summed E-state index contributed by atoms with van der Waals surface area (Å²) in [6, 6.07) is 0.564. The van der Waals surface area contributed by atoms with Gasteiger partial charge in [0.1, 0.15) is 17.0 Å². The SMILES string of the molecule is CCCNCC1CCCN1c1ncnc2sc(C)c(C)c12. The van der Waals surface area contributed by atoms with Crippen molar-refractivity contribution in [2.75, 3.05) is 24.5 Å². The third-order valence-electron chi connectivity index (χ3n) is 4.40. The molecule has 2 aromatic heterocycles. The lowest BCUT2D eigenvalue weighted by Crippen LogP contribution is -2.38. The van der Waals surface area contributed by atoms with Crippen molar-refractivity contribution < 1.29 is 0 Å². The van der Waals surface area contributed by atoms with E-state index in [2.05, 4.69) is 41.0 Å². The van der Waals surface area contributed by atoms with Gasteiger partial charge in [0.15, 0.2) is 0 Å². The second-order valence-electron chi connectivity index (χ2n) is 5.85. The van der Waals surface area contributed by atoms with Gasteiger partial charge in [0, 0.05) is 24.0 Å². The Morgan fingerprint density at radius 2 is 2.24 bits per heavy atom. The first-order valence-corrected chi connectivity index (χ1v) is 8.72. The Bertz CT molecular complexity index is 622. The smallest absolute Gasteiger partial charge is 0.141 e. The van der Waals surface area contributed by atoms with Crippen molar-refractivity contribution in [3.05, 3.63) is 16.8 Å². The van der Waals surface area contributed by atoms with Gasteiger partial charge in [-0.2, -0.15) is 0 Å². The molecule has 3 heterocycles. The summed E-state index contributed by atoms with van der Waals surface area (Å²) in [4.78, 5) is 14.1. The van der Waals surface area contributed by atoms with E-state index in [9.17, 15) is 0 Å². The summed E-state index contributed by atoms with van der Waals surface area (Å²) in [6.07, 6.45) is 5.42. The van der Waals surface area contributed by atoms with Gasteiger partial charge in [0.2, 0.25) is 0 Å². The Morgan fingerprint density at radius 1 is 1.38 bits per heavy atom. The van der Waals surface area contributed by atoms with Gasteiger partial charge in [-0.05, 0) is 45.2 Å². The van der Waals surface area contributed by atoms with Crippen LogP contribution >= 0.6 is 11.3 Å². The van der Waals surface area contributed by atoms with Crippen LogP contribution in [0.15, 0.2) is 6.33 Å². The fourth-order valence-corrected chi connectivity index (χ4v) is 4.15. The van der Waals surface area contributed by atoms with Crippen LogP contribution in [-0.4, -0.2) is 35.6 Å². The van der Waals surface area contributed by atoms with Gasteiger partial charge in [-0.15, -0.1) is 11.3 Å². The summed E-state index contributed by atoms with van der Waals surface area (Å²) >= 11 is 1.78. The number of aryl methyl sites for hydroxylation is 2. The molecule has 2 aromatic rings. The van der Waals surface area contributed by atoms with Gasteiger partial charge in [-0.25, -0.2) is 9.97 Å². The fraction of sp³-hybridized carbons (Fsp3) is 0.625. The van der Waals surface area contributed by atoms with Crippen LogP contribution < -0.4 is 10.2 Å². The number of hydrogen-bond donors (Lipinski definition) is 1. The van der Waals surface area contributed by atoms with E-state index in [4.69, 9.17) is 0 Å². The minimum atomic E-state index is 0.564. The molecular formula is C16H24N4S. The summed E-state index contributed by atoms with van der Waals surface area (Å²) in [5.41, 5.74) is 1.35. The fourth-order valence-electron chi connectivity index (χ4n) is 3.15. The number of thiophene rings is 1. The van der Waals surface area contributed by atoms with Crippen LogP contribution in [-0.2, 0) is 0 Å². The number of fused-ring (bicyclic) bond motifs is 1. The van der Waals surface area contributed by atoms with Crippen molar-refractivity contribution in [1.29, 1.82) is 0 Å². The van der Waals surface area contributed by atoms with Crippen LogP contribution in [0.5, 0.6) is 0 Å². The predicted octanol–water partition coefficient (Wildman–Crippen LogP) is 3.28. The van der Waals surface area contributed by atoms with Crippen molar-refractivity contribution in [2.24, 2.45) is 0 Å². The maximum atomic E-state index is 4.64. The molecule has 1 unspecified atom stereocenters. The van der Waals surface area contributed by atoms with Crippen LogP contribution in [0, 0.1) is 13.8 Å². The molecule has 1 fully saturated rings. The van der Waals surface area contributed by atoms with E-state index < -0.39 is 0 Å². The van der Waals surface area contributed by atoms with E-state index in [-0.39, 0.29) is 0 Å². The molecule has 0 aromatic carbocycles. The molecule has 0 saturated carbocycles. The van der Waals surface area contributed by atoms with Crippen molar-refractivity contribution in [2.45, 2.75) is 46.1 Å². The number of anilines is 1. The highest BCUT2D eigenvalue weighted by atomic mass is 32.1. The summed E-state index contributed by atoms with van der Waals surface area (Å²) in [5.74, 6) is 1.14. The second-order valence-corrected chi connectivity index (χ2v) is 7.06. The van der Waals surface area contributed by atoms with E-state index in [0.29, 0.717) is 6.04 Å². The van der Waals surface area contributed by atoms with E-state index in [1.165, 1.54) is 35.1 Å². The lowest BCUT2D eigenvalue weighted by Gasteiger charge is -2.26. The minimum absolute atomic E-state index is 0.564. The zero-order chi connectivity index (χ0) is 14.8. The van der Waals surface area contributed by atoms with Crippen LogP contribution in [0.1, 0.15) is 36.6 Å². The molecule has 1 atom stereocenters. The molecule has 1 aliphatic rings. The number of nitrogens with one attached hydrogen (secondary N) is 1. The van der Waals surface area contributed by atoms with Gasteiger partial charge < -0.3 is 10.2 Å². The monoisotopic (exact) mass is 304 g/mol. The van der Waals surface area contributed by atoms with Gasteiger partial charge in [0.05, 0.1) is 5.39 Å². The molecule has 0 radical (unpaired) electrons. The molecule has 0 spiro atoms. The normalized spacial score (nSPS) is 18.8. The second kappa shape index (κ2) is 6.28. The Labute approximate surface area is 130 Å². The van der Waals surface area contributed by atoms with Crippen molar-refractivity contribution in [3.63, 3.8) is 0 Å². The number of hydrogen-bond acceptors (Lipinski definition) is 5. The highest BCUT2D eigenvalue weighted by Gasteiger charge is 2.27. The molecular weight excluding hydrogens is 280 g/mol. The summed E-state index contributed by atoms with van der Waals surface area (Å²) < 4.78 is 0. The lowest BCUT2D eigenvalue weighted by molar-refractivity contribution is 0.569. The standard InChI is InChI=1S/C16H24N4S/c1-4-7-17-9-13-6-5-8-20(13)15-14-11(2)12(3)21-16(14)19-10-18-15/h10,13,17H,4-9H2,1-3H3. The third kappa shape index (κ3) is 2.77. The van der Waals surface area contributed by atoms with Crippen LogP contribution in [0.25, 0.3) is 10.2 Å². The molecule has 0 aliphatic carbocycles. The topological polar surface area (TPSA) is 41.0 Å². The van der Waals surface area contributed by atoms with E-state index in [1.54, 1.807) is 17.7 Å². The van der Waals surface area contributed by atoms with Crippen molar-refractivity contribution >= 4 is 27.4 Å². The average Bonchev–Trinajstić information content (AvgIpc) is 3.05. The van der Waals surface area contributed by atoms with Crippen LogP contribution in [0.3, 0.4) is 0 Å². The first-order chi connectivity index (χ1) is 10.2. The Morgan fingerprint density at radius 3 is 3.05 bits per heavy atom. The molecule has 4 nitrogen and oxygen atoms in total. The quantitative estimate of drug-likeness (QED) is 0.861. The van der Waals surface area contributed by atoms with Gasteiger partial charge in [0.25, 0.3) is 0 Å². The highest BCUT2D eigenvalue weighted by Crippen LogP contribution is 2.36. The predicted molar refractivity (Wildman–Crippen MR) is 90.4 cm³/mol. The molecule has 0 bridgehead atoms. The summed E-state index contributed by atoms with van der Waals surface area (Å²) in [7, 11) is 0. The van der Waals surface area contributed by atoms with Gasteiger partial charge >= 0.3 is 0 Å². The van der Waals surface area contributed by atoms with Crippen LogP contribution in [0.2, 0.25) is 0 Å². The zero-order valence-corrected chi connectivity index (χ0v) is 14.0. The average molecular weight is 304 g/mol. The maximum Gasteiger partial charge on any atom is 0.141 e. The number of rotatable bonds is 5. The molecule has 0 amide bonds. The molecule has 1 saturated heterocycles. The largest absolute Gasteiger partial charge is 0.352 e. The van der Waals surface area contributed by atoms with E-state index >= 15 is 0 Å². The zero-order valence-electron chi connectivity index (χ0n) is 13.1. The van der Waals surface area contributed by atoms with Crippen molar-refractivity contribution in [1.82, 2.24) is 15.3 Å². The van der Waals surface area contributed by atoms with E-state index in [0.717, 1.165) is 30.3 Å². The first kappa shape index (κ1) is 14.7. The molecule has 3 rings (SSSR count). The Balaban J connectivity index is 1.92.